The van der Waals surface area contributed by atoms with Gasteiger partial charge in [0.1, 0.15) is 10.7 Å². The molecule has 4 rings (SSSR count). The zero-order chi connectivity index (χ0) is 20.6. The number of amidine groups is 1. The Morgan fingerprint density at radius 2 is 1.86 bits per heavy atom. The second-order valence-corrected chi connectivity index (χ2v) is 9.12. The van der Waals surface area contributed by atoms with E-state index in [4.69, 9.17) is 11.6 Å². The predicted octanol–water partition coefficient (Wildman–Crippen LogP) is 2.90. The van der Waals surface area contributed by atoms with E-state index in [1.807, 2.05) is 25.1 Å². The molecule has 2 heterocycles. The lowest BCUT2D eigenvalue weighted by molar-refractivity contribution is -0.130. The molecule has 0 spiro atoms. The lowest BCUT2D eigenvalue weighted by atomic mass is 10.1. The van der Waals surface area contributed by atoms with Crippen LogP contribution in [0.2, 0.25) is 5.02 Å². The maximum absolute atomic E-state index is 12.7. The summed E-state index contributed by atoms with van der Waals surface area (Å²) in [6, 6.07) is 12.3. The normalized spacial score (nSPS) is 17.9. The van der Waals surface area contributed by atoms with Crippen LogP contribution in [-0.4, -0.2) is 51.2 Å². The highest BCUT2D eigenvalue weighted by molar-refractivity contribution is 7.90. The Hall–Kier alpha value is -2.58. The number of carbonyl (C=O) groups excluding carboxylic acids is 1. The Morgan fingerprint density at radius 1 is 1.14 bits per heavy atom. The van der Waals surface area contributed by atoms with Crippen molar-refractivity contribution in [3.8, 4) is 0 Å². The summed E-state index contributed by atoms with van der Waals surface area (Å²) in [5.41, 5.74) is 2.66. The number of hydrogen-bond donors (Lipinski definition) is 1. The number of sulfonamides is 1. The molecule has 0 saturated carbocycles. The highest BCUT2D eigenvalue weighted by Gasteiger charge is 2.28. The lowest BCUT2D eigenvalue weighted by Crippen LogP contribution is -2.49. The highest BCUT2D eigenvalue weighted by Crippen LogP contribution is 2.28. The Morgan fingerprint density at radius 3 is 2.62 bits per heavy atom. The molecule has 1 fully saturated rings. The molecule has 0 aliphatic carbocycles. The van der Waals surface area contributed by atoms with Crippen LogP contribution in [-0.2, 0) is 14.8 Å². The van der Waals surface area contributed by atoms with E-state index >= 15 is 0 Å². The first-order valence-electron chi connectivity index (χ1n) is 9.32. The van der Waals surface area contributed by atoms with Gasteiger partial charge in [-0.25, -0.2) is 0 Å². The van der Waals surface area contributed by atoms with Crippen molar-refractivity contribution < 1.29 is 13.2 Å². The molecule has 9 heteroatoms. The van der Waals surface area contributed by atoms with Gasteiger partial charge in [-0.2, -0.15) is 8.42 Å². The average Bonchev–Trinajstić information content (AvgIpc) is 2.69. The number of carbonyl (C=O) groups is 1. The zero-order valence-corrected chi connectivity index (χ0v) is 17.5. The lowest BCUT2D eigenvalue weighted by Gasteiger charge is -2.37. The number of aryl methyl sites for hydroxylation is 1. The second kappa shape index (κ2) is 7.68. The van der Waals surface area contributed by atoms with Crippen LogP contribution in [0.3, 0.4) is 0 Å². The number of nitrogens with zero attached hydrogens (tertiary/aromatic N) is 3. The van der Waals surface area contributed by atoms with Crippen LogP contribution in [0.5, 0.6) is 0 Å². The van der Waals surface area contributed by atoms with Gasteiger partial charge in [-0.3, -0.25) is 4.79 Å². The largest absolute Gasteiger partial charge is 0.368 e. The second-order valence-electron chi connectivity index (χ2n) is 7.11. The van der Waals surface area contributed by atoms with Gasteiger partial charge in [-0.05, 0) is 36.8 Å². The van der Waals surface area contributed by atoms with E-state index in [-0.39, 0.29) is 23.1 Å². The number of fused-ring (bicyclic) bond motifs is 1. The Bertz CT molecular complexity index is 1090. The number of hydrogen-bond acceptors (Lipinski definition) is 5. The maximum Gasteiger partial charge on any atom is 0.286 e. The van der Waals surface area contributed by atoms with Gasteiger partial charge in [0.15, 0.2) is 0 Å². The van der Waals surface area contributed by atoms with Crippen molar-refractivity contribution in [2.45, 2.75) is 18.2 Å². The smallest absolute Gasteiger partial charge is 0.286 e. The summed E-state index contributed by atoms with van der Waals surface area (Å²) in [5, 5.41) is 3.66. The standard InChI is InChI=1S/C20H21ClN4O3S/c1-14-6-7-15(21)12-17(14)24-8-10-25(11-9-24)20(26)13-19-22-16-4-2-3-5-18(16)29(27,28)23-19/h2-7,12H,8-11,13H2,1H3,(H,22,23). The van der Waals surface area contributed by atoms with Gasteiger partial charge in [-0.15, -0.1) is 4.40 Å². The molecule has 2 aromatic rings. The minimum atomic E-state index is -3.79. The van der Waals surface area contributed by atoms with Crippen molar-refractivity contribution in [3.05, 3.63) is 53.1 Å². The van der Waals surface area contributed by atoms with Gasteiger partial charge in [0.25, 0.3) is 10.0 Å². The summed E-state index contributed by atoms with van der Waals surface area (Å²) in [4.78, 5) is 16.8. The Labute approximate surface area is 175 Å². The van der Waals surface area contributed by atoms with Crippen LogP contribution in [0.25, 0.3) is 0 Å². The Balaban J connectivity index is 1.41. The van der Waals surface area contributed by atoms with E-state index in [0.717, 1.165) is 11.3 Å². The molecular formula is C20H21ClN4O3S. The summed E-state index contributed by atoms with van der Waals surface area (Å²) in [6.07, 6.45) is -0.0796. The van der Waals surface area contributed by atoms with Gasteiger partial charge in [0.2, 0.25) is 5.91 Å². The molecule has 0 aromatic heterocycles. The van der Waals surface area contributed by atoms with Crippen LogP contribution in [0.1, 0.15) is 12.0 Å². The van der Waals surface area contributed by atoms with E-state index < -0.39 is 10.0 Å². The fourth-order valence-corrected chi connectivity index (χ4v) is 4.93. The summed E-state index contributed by atoms with van der Waals surface area (Å²) in [5.74, 6) is 0.00936. The number of amides is 1. The van der Waals surface area contributed by atoms with Gasteiger partial charge in [0, 0.05) is 36.9 Å². The number of rotatable bonds is 3. The van der Waals surface area contributed by atoms with Crippen LogP contribution in [0.4, 0.5) is 11.4 Å². The SMILES string of the molecule is Cc1ccc(Cl)cc1N1CCN(C(=O)CC2=NS(=O)(=O)c3ccccc3N2)CC1. The third kappa shape index (κ3) is 4.09. The molecule has 1 amide bonds. The van der Waals surface area contributed by atoms with Crippen molar-refractivity contribution in [1.82, 2.24) is 4.90 Å². The summed E-state index contributed by atoms with van der Waals surface area (Å²) in [6.45, 7) is 4.53. The number of anilines is 2. The number of piperazine rings is 1. The topological polar surface area (TPSA) is 82.1 Å². The van der Waals surface area contributed by atoms with Gasteiger partial charge < -0.3 is 15.1 Å². The van der Waals surface area contributed by atoms with Crippen LogP contribution < -0.4 is 10.2 Å². The van der Waals surface area contributed by atoms with Crippen molar-refractivity contribution in [3.63, 3.8) is 0 Å². The molecule has 0 atom stereocenters. The fourth-order valence-electron chi connectivity index (χ4n) is 3.62. The number of halogens is 1. The molecule has 2 aliphatic heterocycles. The molecule has 0 radical (unpaired) electrons. The van der Waals surface area contributed by atoms with E-state index in [2.05, 4.69) is 14.6 Å². The number of para-hydroxylation sites is 1. The fraction of sp³-hybridized carbons (Fsp3) is 0.300. The molecule has 2 aliphatic rings. The summed E-state index contributed by atoms with van der Waals surface area (Å²) in [7, 11) is -3.79. The van der Waals surface area contributed by atoms with Crippen molar-refractivity contribution in [1.29, 1.82) is 0 Å². The van der Waals surface area contributed by atoms with Crippen LogP contribution >= 0.6 is 11.6 Å². The van der Waals surface area contributed by atoms with Crippen molar-refractivity contribution in [2.24, 2.45) is 4.40 Å². The van der Waals surface area contributed by atoms with Crippen molar-refractivity contribution >= 4 is 44.7 Å². The maximum atomic E-state index is 12.7. The minimum absolute atomic E-state index is 0.0796. The molecule has 152 valence electrons. The highest BCUT2D eigenvalue weighted by atomic mass is 35.5. The quantitative estimate of drug-likeness (QED) is 0.806. The first kappa shape index (κ1) is 19.7. The molecule has 1 saturated heterocycles. The van der Waals surface area contributed by atoms with Crippen LogP contribution in [0, 0.1) is 6.92 Å². The average molecular weight is 433 g/mol. The molecule has 0 unspecified atom stereocenters. The predicted molar refractivity (Wildman–Crippen MR) is 114 cm³/mol. The van der Waals surface area contributed by atoms with E-state index in [0.29, 0.717) is 36.9 Å². The third-order valence-corrected chi connectivity index (χ3v) is 6.74. The van der Waals surface area contributed by atoms with E-state index in [1.54, 1.807) is 23.1 Å². The molecule has 2 aromatic carbocycles. The molecule has 1 N–H and O–H groups in total. The zero-order valence-electron chi connectivity index (χ0n) is 15.9. The van der Waals surface area contributed by atoms with Gasteiger partial charge >= 0.3 is 0 Å². The number of nitrogens with one attached hydrogen (secondary N) is 1. The Kier molecular flexibility index (Phi) is 5.23. The third-order valence-electron chi connectivity index (χ3n) is 5.14. The minimum Gasteiger partial charge on any atom is -0.368 e. The molecule has 7 nitrogen and oxygen atoms in total. The van der Waals surface area contributed by atoms with E-state index in [9.17, 15) is 13.2 Å². The summed E-state index contributed by atoms with van der Waals surface area (Å²) < 4.78 is 28.4. The first-order valence-corrected chi connectivity index (χ1v) is 11.1. The van der Waals surface area contributed by atoms with Crippen LogP contribution in [0.15, 0.2) is 51.8 Å². The summed E-state index contributed by atoms with van der Waals surface area (Å²) >= 11 is 6.12. The van der Waals surface area contributed by atoms with Crippen molar-refractivity contribution in [2.75, 3.05) is 36.4 Å². The molecule has 0 bridgehead atoms. The van der Waals surface area contributed by atoms with Gasteiger partial charge in [-0.1, -0.05) is 29.8 Å². The number of benzene rings is 2. The first-order chi connectivity index (χ1) is 13.8. The molecule has 29 heavy (non-hydrogen) atoms. The van der Waals surface area contributed by atoms with E-state index in [1.165, 1.54) is 6.07 Å². The van der Waals surface area contributed by atoms with Gasteiger partial charge in [0.05, 0.1) is 12.1 Å². The monoisotopic (exact) mass is 432 g/mol. The molecular weight excluding hydrogens is 412 g/mol.